The molecule has 1 unspecified atom stereocenters. The van der Waals surface area contributed by atoms with Crippen LogP contribution in [0.3, 0.4) is 0 Å². The topological polar surface area (TPSA) is 55.8 Å². The molecule has 2 rings (SSSR count). The number of carbonyl (C=O) groups is 1. The molecule has 1 N–H and O–H groups in total. The summed E-state index contributed by atoms with van der Waals surface area (Å²) in [5, 5.41) is 10.0. The van der Waals surface area contributed by atoms with Gasteiger partial charge in [0.1, 0.15) is 17.2 Å². The van der Waals surface area contributed by atoms with E-state index in [2.05, 4.69) is 20.8 Å². The fourth-order valence-corrected chi connectivity index (χ4v) is 4.19. The highest BCUT2D eigenvalue weighted by molar-refractivity contribution is 6.31. The summed E-state index contributed by atoms with van der Waals surface area (Å²) in [6, 6.07) is 4.77. The van der Waals surface area contributed by atoms with Crippen molar-refractivity contribution in [3.63, 3.8) is 0 Å². The van der Waals surface area contributed by atoms with E-state index in [0.717, 1.165) is 17.2 Å². The molecule has 0 aromatic heterocycles. The Hall–Kier alpha value is -1.66. The Morgan fingerprint density at radius 3 is 2.48 bits per heavy atom. The summed E-state index contributed by atoms with van der Waals surface area (Å²) in [6.45, 7) is 14.2. The third-order valence-corrected chi connectivity index (χ3v) is 6.50. The lowest BCUT2D eigenvalue weighted by Gasteiger charge is -2.39. The summed E-state index contributed by atoms with van der Waals surface area (Å²) in [6.07, 6.45) is 2.54. The number of esters is 1. The zero-order valence-electron chi connectivity index (χ0n) is 18.6. The van der Waals surface area contributed by atoms with Crippen LogP contribution < -0.4 is 0 Å². The van der Waals surface area contributed by atoms with Gasteiger partial charge in [-0.2, -0.15) is 0 Å². The average molecular weight is 421 g/mol. The van der Waals surface area contributed by atoms with Crippen molar-refractivity contribution < 1.29 is 23.5 Å². The lowest BCUT2D eigenvalue weighted by Crippen LogP contribution is -2.43. The summed E-state index contributed by atoms with van der Waals surface area (Å²) in [4.78, 5) is 11.9. The van der Waals surface area contributed by atoms with Crippen LogP contribution in [0.25, 0.3) is 0 Å². The standard InChI is InChI=1S/C23H33FO4Si/c1-15(2)23(14-18(25)13-20(26)27-23)11-10-16-8-9-17(24)12-19(16)22(6,7)28-29-21(3,4)5/h8-9,12-13,15,25H,10-11,14H2,1-7H3. The summed E-state index contributed by atoms with van der Waals surface area (Å²) >= 11 is 0. The number of ether oxygens (including phenoxy) is 1. The molecule has 1 aliphatic rings. The molecule has 29 heavy (non-hydrogen) atoms. The molecule has 0 spiro atoms. The minimum absolute atomic E-state index is 0.0205. The summed E-state index contributed by atoms with van der Waals surface area (Å²) in [5.74, 6) is -0.748. The first-order valence-corrected chi connectivity index (χ1v) is 11.0. The minimum atomic E-state index is -0.778. The second-order valence-electron chi connectivity index (χ2n) is 9.72. The summed E-state index contributed by atoms with van der Waals surface area (Å²) < 4.78 is 26.0. The van der Waals surface area contributed by atoms with Crippen LogP contribution in [0.1, 0.15) is 72.4 Å². The zero-order chi connectivity index (χ0) is 22.0. The highest BCUT2D eigenvalue weighted by Gasteiger charge is 2.41. The number of hydrogen-bond donors (Lipinski definition) is 1. The number of carbonyl (C=O) groups excluding carboxylic acids is 1. The van der Waals surface area contributed by atoms with Crippen molar-refractivity contribution in [1.29, 1.82) is 0 Å². The van der Waals surface area contributed by atoms with Crippen LogP contribution in [0, 0.1) is 11.7 Å². The molecule has 0 fully saturated rings. The number of aliphatic hydroxyl groups is 1. The second-order valence-corrected chi connectivity index (χ2v) is 11.6. The van der Waals surface area contributed by atoms with E-state index in [0.29, 0.717) is 12.8 Å². The van der Waals surface area contributed by atoms with Crippen molar-refractivity contribution in [2.75, 3.05) is 0 Å². The van der Waals surface area contributed by atoms with Gasteiger partial charge in [0.2, 0.25) is 9.76 Å². The Kier molecular flexibility index (Phi) is 7.00. The van der Waals surface area contributed by atoms with Gasteiger partial charge >= 0.3 is 5.97 Å². The quantitative estimate of drug-likeness (QED) is 0.459. The maximum Gasteiger partial charge on any atom is 0.334 e. The molecule has 160 valence electrons. The number of aliphatic hydroxyl groups excluding tert-OH is 1. The van der Waals surface area contributed by atoms with Gasteiger partial charge in [0, 0.05) is 6.42 Å². The first-order valence-electron chi connectivity index (χ1n) is 10.1. The van der Waals surface area contributed by atoms with E-state index in [9.17, 15) is 14.3 Å². The predicted molar refractivity (Wildman–Crippen MR) is 113 cm³/mol. The molecule has 0 aliphatic carbocycles. The molecule has 1 atom stereocenters. The maximum absolute atomic E-state index is 14.1. The second kappa shape index (κ2) is 8.60. The largest absolute Gasteiger partial charge is 0.512 e. The van der Waals surface area contributed by atoms with Crippen molar-refractivity contribution in [3.05, 3.63) is 47.0 Å². The van der Waals surface area contributed by atoms with Gasteiger partial charge in [-0.1, -0.05) is 40.7 Å². The molecule has 6 heteroatoms. The molecule has 0 saturated heterocycles. The molecule has 1 aromatic rings. The molecule has 1 aliphatic heterocycles. The van der Waals surface area contributed by atoms with Crippen molar-refractivity contribution >= 4 is 15.7 Å². The zero-order valence-corrected chi connectivity index (χ0v) is 19.6. The Morgan fingerprint density at radius 2 is 1.93 bits per heavy atom. The van der Waals surface area contributed by atoms with Gasteiger partial charge in [-0.25, -0.2) is 9.18 Å². The van der Waals surface area contributed by atoms with Gasteiger partial charge in [-0.15, -0.1) is 0 Å². The van der Waals surface area contributed by atoms with E-state index in [1.165, 1.54) is 12.1 Å². The number of cyclic esters (lactones) is 1. The fraction of sp³-hybridized carbons (Fsp3) is 0.609. The predicted octanol–water partition coefficient (Wildman–Crippen LogP) is 5.63. The van der Waals surface area contributed by atoms with Gasteiger partial charge < -0.3 is 14.3 Å². The van der Waals surface area contributed by atoms with E-state index >= 15 is 0 Å². The monoisotopic (exact) mass is 420 g/mol. The van der Waals surface area contributed by atoms with Crippen LogP contribution in [0.4, 0.5) is 4.39 Å². The van der Waals surface area contributed by atoms with E-state index in [1.807, 2.05) is 27.7 Å². The normalized spacial score (nSPS) is 20.6. The maximum atomic E-state index is 14.1. The highest BCUT2D eigenvalue weighted by atomic mass is 28.2. The molecule has 2 radical (unpaired) electrons. The Labute approximate surface area is 176 Å². The van der Waals surface area contributed by atoms with Crippen LogP contribution >= 0.6 is 0 Å². The van der Waals surface area contributed by atoms with Gasteiger partial charge in [0.05, 0.1) is 11.7 Å². The highest BCUT2D eigenvalue weighted by Crippen LogP contribution is 2.38. The molecular formula is C23H33FO4Si. The molecular weight excluding hydrogens is 387 g/mol. The Balaban J connectivity index is 2.29. The van der Waals surface area contributed by atoms with E-state index in [-0.39, 0.29) is 38.7 Å². The van der Waals surface area contributed by atoms with Gasteiger partial charge in [-0.05, 0) is 60.9 Å². The van der Waals surface area contributed by atoms with Crippen LogP contribution in [-0.2, 0) is 26.0 Å². The first kappa shape index (κ1) is 23.6. The Bertz CT molecular complexity index is 780. The third-order valence-electron chi connectivity index (χ3n) is 5.27. The fourth-order valence-electron chi connectivity index (χ4n) is 3.52. The number of halogens is 1. The van der Waals surface area contributed by atoms with E-state index in [4.69, 9.17) is 9.16 Å². The molecule has 0 bridgehead atoms. The summed E-state index contributed by atoms with van der Waals surface area (Å²) in [7, 11) is 0.269. The van der Waals surface area contributed by atoms with Crippen molar-refractivity contribution in [2.24, 2.45) is 5.92 Å². The van der Waals surface area contributed by atoms with Crippen molar-refractivity contribution in [3.8, 4) is 0 Å². The first-order chi connectivity index (χ1) is 13.2. The van der Waals surface area contributed by atoms with Gasteiger partial charge in [0.25, 0.3) is 0 Å². The lowest BCUT2D eigenvalue weighted by molar-refractivity contribution is -0.163. The molecule has 1 heterocycles. The third kappa shape index (κ3) is 6.16. The number of aryl methyl sites for hydroxylation is 1. The van der Waals surface area contributed by atoms with Crippen LogP contribution in [-0.4, -0.2) is 26.4 Å². The van der Waals surface area contributed by atoms with Crippen LogP contribution in [0.2, 0.25) is 5.04 Å². The van der Waals surface area contributed by atoms with Crippen LogP contribution in [0.15, 0.2) is 30.0 Å². The van der Waals surface area contributed by atoms with Crippen molar-refractivity contribution in [1.82, 2.24) is 0 Å². The molecule has 0 amide bonds. The van der Waals surface area contributed by atoms with Gasteiger partial charge in [-0.3, -0.25) is 0 Å². The number of benzene rings is 1. The van der Waals surface area contributed by atoms with Crippen LogP contribution in [0.5, 0.6) is 0 Å². The summed E-state index contributed by atoms with van der Waals surface area (Å²) in [5.41, 5.74) is 0.328. The van der Waals surface area contributed by atoms with E-state index < -0.39 is 17.2 Å². The number of hydrogen-bond acceptors (Lipinski definition) is 4. The average Bonchev–Trinajstić information content (AvgIpc) is 2.57. The van der Waals surface area contributed by atoms with E-state index in [1.54, 1.807) is 6.07 Å². The van der Waals surface area contributed by atoms with Crippen molar-refractivity contribution in [2.45, 2.75) is 84.0 Å². The minimum Gasteiger partial charge on any atom is -0.512 e. The Morgan fingerprint density at radius 1 is 1.28 bits per heavy atom. The smallest absolute Gasteiger partial charge is 0.334 e. The molecule has 4 nitrogen and oxygen atoms in total. The SMILES string of the molecule is CC(C)C1(CCc2ccc(F)cc2C(C)(C)O[Si]C(C)(C)C)CC(O)=CC(=O)O1. The molecule has 0 saturated carbocycles. The number of rotatable bonds is 7. The lowest BCUT2D eigenvalue weighted by atomic mass is 9.79. The molecule has 1 aromatic carbocycles. The van der Waals surface area contributed by atoms with Gasteiger partial charge in [0.15, 0.2) is 0 Å².